The zero-order valence-electron chi connectivity index (χ0n) is 9.95. The van der Waals surface area contributed by atoms with Crippen LogP contribution in [0, 0.1) is 5.92 Å². The first-order valence-electron chi connectivity index (χ1n) is 5.82. The van der Waals surface area contributed by atoms with Crippen molar-refractivity contribution < 1.29 is 9.90 Å². The lowest BCUT2D eigenvalue weighted by Gasteiger charge is -2.11. The van der Waals surface area contributed by atoms with Gasteiger partial charge in [0.1, 0.15) is 0 Å². The van der Waals surface area contributed by atoms with E-state index in [0.717, 1.165) is 17.4 Å². The third kappa shape index (κ3) is 4.88. The van der Waals surface area contributed by atoms with Gasteiger partial charge in [0.15, 0.2) is 0 Å². The lowest BCUT2D eigenvalue weighted by atomic mass is 10.1. The molecule has 0 heterocycles. The molecule has 94 valence electrons. The molecule has 17 heavy (non-hydrogen) atoms. The van der Waals surface area contributed by atoms with E-state index in [1.807, 2.05) is 25.1 Å². The quantitative estimate of drug-likeness (QED) is 0.761. The Balaban J connectivity index is 2.29. The fourth-order valence-electron chi connectivity index (χ4n) is 1.61. The molecule has 0 aliphatic heterocycles. The summed E-state index contributed by atoms with van der Waals surface area (Å²) in [6, 6.07) is 8.08. The van der Waals surface area contributed by atoms with E-state index in [1.165, 1.54) is 5.56 Å². The summed E-state index contributed by atoms with van der Waals surface area (Å²) >= 11 is 3.49. The number of carboxylic acids is 1. The fraction of sp³-hybridized carbons (Fsp3) is 0.462. The number of carboxylic acid groups (broad SMARTS) is 1. The predicted molar refractivity (Wildman–Crippen MR) is 72.1 cm³/mol. The van der Waals surface area contributed by atoms with Gasteiger partial charge in [0.2, 0.25) is 0 Å². The molecule has 0 spiro atoms. The standard InChI is InChI=1S/C13H18BrNO2/c1-2-10(13(16)17)9-15-8-7-11-5-3-4-6-12(11)14/h3-6,10,15H,2,7-9H2,1H3,(H,16,17). The largest absolute Gasteiger partial charge is 0.481 e. The van der Waals surface area contributed by atoms with Crippen molar-refractivity contribution in [1.29, 1.82) is 0 Å². The van der Waals surface area contributed by atoms with Crippen LogP contribution in [-0.4, -0.2) is 24.2 Å². The maximum Gasteiger partial charge on any atom is 0.307 e. The van der Waals surface area contributed by atoms with Crippen molar-refractivity contribution in [2.45, 2.75) is 19.8 Å². The molecule has 1 rings (SSSR count). The third-order valence-electron chi connectivity index (χ3n) is 2.76. The number of nitrogens with one attached hydrogen (secondary N) is 1. The van der Waals surface area contributed by atoms with Crippen LogP contribution >= 0.6 is 15.9 Å². The van der Waals surface area contributed by atoms with Gasteiger partial charge in [0.05, 0.1) is 5.92 Å². The molecule has 0 saturated carbocycles. The van der Waals surface area contributed by atoms with Crippen LogP contribution in [0.5, 0.6) is 0 Å². The Labute approximate surface area is 110 Å². The second-order valence-corrected chi connectivity index (χ2v) is 4.84. The smallest absolute Gasteiger partial charge is 0.307 e. The van der Waals surface area contributed by atoms with Crippen molar-refractivity contribution >= 4 is 21.9 Å². The van der Waals surface area contributed by atoms with Crippen LogP contribution in [0.2, 0.25) is 0 Å². The second-order valence-electron chi connectivity index (χ2n) is 3.99. The minimum absolute atomic E-state index is 0.283. The first-order chi connectivity index (χ1) is 8.15. The van der Waals surface area contributed by atoms with Gasteiger partial charge >= 0.3 is 5.97 Å². The highest BCUT2D eigenvalue weighted by molar-refractivity contribution is 9.10. The Morgan fingerprint density at radius 2 is 2.18 bits per heavy atom. The van der Waals surface area contributed by atoms with E-state index in [4.69, 9.17) is 5.11 Å². The fourth-order valence-corrected chi connectivity index (χ4v) is 2.09. The minimum Gasteiger partial charge on any atom is -0.481 e. The summed E-state index contributed by atoms with van der Waals surface area (Å²) in [5.41, 5.74) is 1.24. The zero-order chi connectivity index (χ0) is 12.7. The number of aliphatic carboxylic acids is 1. The van der Waals surface area contributed by atoms with Crippen molar-refractivity contribution in [1.82, 2.24) is 5.32 Å². The molecule has 4 heteroatoms. The van der Waals surface area contributed by atoms with Gasteiger partial charge in [-0.25, -0.2) is 0 Å². The molecule has 0 fully saturated rings. The van der Waals surface area contributed by atoms with E-state index in [2.05, 4.69) is 27.3 Å². The number of carbonyl (C=O) groups is 1. The van der Waals surface area contributed by atoms with E-state index < -0.39 is 5.97 Å². The van der Waals surface area contributed by atoms with Crippen LogP contribution < -0.4 is 5.32 Å². The molecule has 2 N–H and O–H groups in total. The van der Waals surface area contributed by atoms with Crippen LogP contribution in [-0.2, 0) is 11.2 Å². The molecule has 0 aliphatic rings. The molecule has 0 saturated heterocycles. The van der Waals surface area contributed by atoms with E-state index >= 15 is 0 Å². The van der Waals surface area contributed by atoms with Gasteiger partial charge in [-0.2, -0.15) is 0 Å². The number of hydrogen-bond donors (Lipinski definition) is 2. The topological polar surface area (TPSA) is 49.3 Å². The molecule has 1 atom stereocenters. The highest BCUT2D eigenvalue weighted by Crippen LogP contribution is 2.15. The van der Waals surface area contributed by atoms with E-state index in [-0.39, 0.29) is 5.92 Å². The molecule has 0 bridgehead atoms. The molecule has 0 radical (unpaired) electrons. The van der Waals surface area contributed by atoms with Gasteiger partial charge < -0.3 is 10.4 Å². The van der Waals surface area contributed by atoms with Crippen molar-refractivity contribution in [3.05, 3.63) is 34.3 Å². The highest BCUT2D eigenvalue weighted by Gasteiger charge is 2.13. The molecule has 1 aromatic carbocycles. The number of halogens is 1. The van der Waals surface area contributed by atoms with Crippen LogP contribution in [0.4, 0.5) is 0 Å². The van der Waals surface area contributed by atoms with Crippen LogP contribution in [0.1, 0.15) is 18.9 Å². The monoisotopic (exact) mass is 299 g/mol. The summed E-state index contributed by atoms with van der Waals surface area (Å²) < 4.78 is 1.10. The third-order valence-corrected chi connectivity index (χ3v) is 3.54. The SMILES string of the molecule is CCC(CNCCc1ccccc1Br)C(=O)O. The van der Waals surface area contributed by atoms with Gasteiger partial charge in [-0.3, -0.25) is 4.79 Å². The second kappa shape index (κ2) is 7.45. The minimum atomic E-state index is -0.721. The van der Waals surface area contributed by atoms with Crippen LogP contribution in [0.15, 0.2) is 28.7 Å². The maximum atomic E-state index is 10.8. The molecule has 0 aliphatic carbocycles. The summed E-state index contributed by atoms with van der Waals surface area (Å²) in [6.07, 6.45) is 1.56. The van der Waals surface area contributed by atoms with Gasteiger partial charge in [-0.05, 0) is 31.0 Å². The van der Waals surface area contributed by atoms with Crippen LogP contribution in [0.25, 0.3) is 0 Å². The molecular weight excluding hydrogens is 282 g/mol. The number of hydrogen-bond acceptors (Lipinski definition) is 2. The van der Waals surface area contributed by atoms with E-state index in [9.17, 15) is 4.79 Å². The summed E-state index contributed by atoms with van der Waals surface area (Å²) in [7, 11) is 0. The van der Waals surface area contributed by atoms with Gasteiger partial charge in [-0.15, -0.1) is 0 Å². The van der Waals surface area contributed by atoms with Crippen LogP contribution in [0.3, 0.4) is 0 Å². The molecule has 0 aromatic heterocycles. The lowest BCUT2D eigenvalue weighted by molar-refractivity contribution is -0.141. The first kappa shape index (κ1) is 14.2. The number of rotatable bonds is 7. The average Bonchev–Trinajstić information content (AvgIpc) is 2.31. The van der Waals surface area contributed by atoms with Gasteiger partial charge in [0, 0.05) is 11.0 Å². The molecular formula is C13H18BrNO2. The molecule has 0 amide bonds. The first-order valence-corrected chi connectivity index (χ1v) is 6.61. The van der Waals surface area contributed by atoms with E-state index in [0.29, 0.717) is 13.0 Å². The zero-order valence-corrected chi connectivity index (χ0v) is 11.5. The Hall–Kier alpha value is -0.870. The number of benzene rings is 1. The van der Waals surface area contributed by atoms with E-state index in [1.54, 1.807) is 0 Å². The molecule has 1 unspecified atom stereocenters. The van der Waals surface area contributed by atoms with Gasteiger partial charge in [-0.1, -0.05) is 41.1 Å². The predicted octanol–water partition coefficient (Wildman–Crippen LogP) is 2.69. The van der Waals surface area contributed by atoms with Gasteiger partial charge in [0.25, 0.3) is 0 Å². The highest BCUT2D eigenvalue weighted by atomic mass is 79.9. The van der Waals surface area contributed by atoms with Crippen molar-refractivity contribution in [2.24, 2.45) is 5.92 Å². The van der Waals surface area contributed by atoms with Crippen molar-refractivity contribution in [2.75, 3.05) is 13.1 Å². The normalized spacial score (nSPS) is 12.4. The Morgan fingerprint density at radius 3 is 2.76 bits per heavy atom. The lowest BCUT2D eigenvalue weighted by Crippen LogP contribution is -2.29. The molecule has 1 aromatic rings. The Bertz CT molecular complexity index is 368. The Morgan fingerprint density at radius 1 is 1.47 bits per heavy atom. The summed E-state index contributed by atoms with van der Waals surface area (Å²) in [5.74, 6) is -1.00. The summed E-state index contributed by atoms with van der Waals surface area (Å²) in [5, 5.41) is 12.1. The molecule has 3 nitrogen and oxygen atoms in total. The summed E-state index contributed by atoms with van der Waals surface area (Å²) in [4.78, 5) is 10.8. The van der Waals surface area contributed by atoms with Crippen molar-refractivity contribution in [3.8, 4) is 0 Å². The average molecular weight is 300 g/mol. The van der Waals surface area contributed by atoms with Crippen molar-refractivity contribution in [3.63, 3.8) is 0 Å². The maximum absolute atomic E-state index is 10.8. The summed E-state index contributed by atoms with van der Waals surface area (Å²) in [6.45, 7) is 3.23. The Kier molecular flexibility index (Phi) is 6.22.